The number of hydrogen-bond donors (Lipinski definition) is 2. The maximum Gasteiger partial charge on any atom is 0.279 e. The Morgan fingerprint density at radius 3 is 2.88 bits per heavy atom. The topological polar surface area (TPSA) is 58.2 Å². The smallest absolute Gasteiger partial charge is 0.279 e. The standard InChI is InChI=1S/C10H9BrN2O2S/c11-6-3-1-2-4-7(6)12-9(14)8-5-16-10(15)13-8/h1-4,8H,5H2,(H,12,14)(H,13,15). The number of anilines is 1. The molecule has 1 saturated heterocycles. The molecule has 0 saturated carbocycles. The fourth-order valence-electron chi connectivity index (χ4n) is 1.31. The molecule has 0 radical (unpaired) electrons. The lowest BCUT2D eigenvalue weighted by molar-refractivity contribution is -0.117. The molecule has 2 rings (SSSR count). The van der Waals surface area contributed by atoms with Gasteiger partial charge in [-0.2, -0.15) is 0 Å². The number of rotatable bonds is 2. The van der Waals surface area contributed by atoms with Crippen LogP contribution in [0.5, 0.6) is 0 Å². The Bertz CT molecular complexity index is 439. The number of nitrogens with one attached hydrogen (secondary N) is 2. The number of para-hydroxylation sites is 1. The van der Waals surface area contributed by atoms with Gasteiger partial charge in [-0.25, -0.2) is 0 Å². The third kappa shape index (κ3) is 2.56. The number of amides is 2. The van der Waals surface area contributed by atoms with Crippen molar-refractivity contribution >= 4 is 44.5 Å². The van der Waals surface area contributed by atoms with E-state index in [1.807, 2.05) is 18.2 Å². The molecule has 2 N–H and O–H groups in total. The van der Waals surface area contributed by atoms with Crippen LogP contribution in [0.3, 0.4) is 0 Å². The van der Waals surface area contributed by atoms with Crippen LogP contribution in [0.25, 0.3) is 0 Å². The maximum absolute atomic E-state index is 11.8. The Kier molecular flexibility index (Phi) is 3.50. The molecule has 1 atom stereocenters. The summed E-state index contributed by atoms with van der Waals surface area (Å²) in [5.74, 6) is 0.292. The first kappa shape index (κ1) is 11.5. The molecule has 1 unspecified atom stereocenters. The first-order chi connectivity index (χ1) is 7.66. The normalized spacial score (nSPS) is 19.3. The van der Waals surface area contributed by atoms with Crippen molar-refractivity contribution in [1.29, 1.82) is 0 Å². The first-order valence-electron chi connectivity index (χ1n) is 4.65. The first-order valence-corrected chi connectivity index (χ1v) is 6.43. The van der Waals surface area contributed by atoms with E-state index in [1.165, 1.54) is 0 Å². The second kappa shape index (κ2) is 4.88. The molecule has 1 aromatic carbocycles. The van der Waals surface area contributed by atoms with Crippen LogP contribution in [0, 0.1) is 0 Å². The van der Waals surface area contributed by atoms with Gasteiger partial charge < -0.3 is 10.6 Å². The average Bonchev–Trinajstić information content (AvgIpc) is 2.68. The number of hydrogen-bond acceptors (Lipinski definition) is 3. The Balaban J connectivity index is 2.03. The van der Waals surface area contributed by atoms with Gasteiger partial charge in [0, 0.05) is 10.2 Å². The van der Waals surface area contributed by atoms with Gasteiger partial charge >= 0.3 is 0 Å². The monoisotopic (exact) mass is 300 g/mol. The molecular formula is C10H9BrN2O2S. The van der Waals surface area contributed by atoms with E-state index < -0.39 is 6.04 Å². The molecular weight excluding hydrogens is 292 g/mol. The van der Waals surface area contributed by atoms with Gasteiger partial charge in [0.15, 0.2) is 0 Å². The van der Waals surface area contributed by atoms with E-state index in [1.54, 1.807) is 6.07 Å². The highest BCUT2D eigenvalue weighted by atomic mass is 79.9. The Hall–Kier alpha value is -1.01. The largest absolute Gasteiger partial charge is 0.334 e. The van der Waals surface area contributed by atoms with Gasteiger partial charge in [-0.15, -0.1) is 0 Å². The minimum Gasteiger partial charge on any atom is -0.334 e. The summed E-state index contributed by atoms with van der Waals surface area (Å²) in [5.41, 5.74) is 0.707. The second-order valence-electron chi connectivity index (χ2n) is 3.26. The Morgan fingerprint density at radius 2 is 2.25 bits per heavy atom. The predicted molar refractivity (Wildman–Crippen MR) is 67.5 cm³/mol. The molecule has 84 valence electrons. The molecule has 0 aromatic heterocycles. The summed E-state index contributed by atoms with van der Waals surface area (Å²) >= 11 is 4.46. The molecule has 0 spiro atoms. The van der Waals surface area contributed by atoms with Crippen molar-refractivity contribution in [2.24, 2.45) is 0 Å². The Morgan fingerprint density at radius 1 is 1.50 bits per heavy atom. The van der Waals surface area contributed by atoms with E-state index in [0.29, 0.717) is 11.4 Å². The molecule has 1 aromatic rings. The van der Waals surface area contributed by atoms with E-state index in [0.717, 1.165) is 16.2 Å². The van der Waals surface area contributed by atoms with Crippen molar-refractivity contribution in [3.63, 3.8) is 0 Å². The number of thioether (sulfide) groups is 1. The van der Waals surface area contributed by atoms with Crippen molar-refractivity contribution in [1.82, 2.24) is 5.32 Å². The zero-order chi connectivity index (χ0) is 11.5. The van der Waals surface area contributed by atoms with Crippen LogP contribution < -0.4 is 10.6 Å². The fourth-order valence-corrected chi connectivity index (χ4v) is 2.47. The van der Waals surface area contributed by atoms with Gasteiger partial charge in [0.05, 0.1) is 5.69 Å². The zero-order valence-electron chi connectivity index (χ0n) is 8.20. The molecule has 1 aliphatic rings. The summed E-state index contributed by atoms with van der Waals surface area (Å²) < 4.78 is 0.820. The van der Waals surface area contributed by atoms with Crippen molar-refractivity contribution in [2.45, 2.75) is 6.04 Å². The highest BCUT2D eigenvalue weighted by molar-refractivity contribution is 9.10. The van der Waals surface area contributed by atoms with Crippen molar-refractivity contribution < 1.29 is 9.59 Å². The molecule has 0 aliphatic carbocycles. The quantitative estimate of drug-likeness (QED) is 0.880. The van der Waals surface area contributed by atoms with Crippen LogP contribution in [-0.2, 0) is 4.79 Å². The summed E-state index contributed by atoms with van der Waals surface area (Å²) in [4.78, 5) is 22.7. The van der Waals surface area contributed by atoms with Crippen LogP contribution >= 0.6 is 27.7 Å². The van der Waals surface area contributed by atoms with E-state index >= 15 is 0 Å². The third-order valence-electron chi connectivity index (χ3n) is 2.12. The SMILES string of the molecule is O=C1NC(C(=O)Nc2ccccc2Br)CS1. The van der Waals surface area contributed by atoms with Crippen LogP contribution in [0.2, 0.25) is 0 Å². The average molecular weight is 301 g/mol. The summed E-state index contributed by atoms with van der Waals surface area (Å²) in [7, 11) is 0. The molecule has 4 nitrogen and oxygen atoms in total. The van der Waals surface area contributed by atoms with Crippen molar-refractivity contribution in [3.05, 3.63) is 28.7 Å². The van der Waals surface area contributed by atoms with Crippen LogP contribution in [0.15, 0.2) is 28.7 Å². The van der Waals surface area contributed by atoms with E-state index in [2.05, 4.69) is 26.6 Å². The molecule has 6 heteroatoms. The predicted octanol–water partition coefficient (Wildman–Crippen LogP) is 2.21. The second-order valence-corrected chi connectivity index (χ2v) is 5.11. The molecule has 1 aliphatic heterocycles. The minimum atomic E-state index is -0.440. The summed E-state index contributed by atoms with van der Waals surface area (Å²) in [6.07, 6.45) is 0. The molecule has 16 heavy (non-hydrogen) atoms. The summed E-state index contributed by atoms with van der Waals surface area (Å²) in [6, 6.07) is 6.91. The number of carbonyl (C=O) groups excluding carboxylic acids is 2. The number of benzene rings is 1. The van der Waals surface area contributed by atoms with E-state index in [9.17, 15) is 9.59 Å². The van der Waals surface area contributed by atoms with Gasteiger partial charge in [0.25, 0.3) is 5.24 Å². The van der Waals surface area contributed by atoms with Gasteiger partial charge in [0.1, 0.15) is 6.04 Å². The lowest BCUT2D eigenvalue weighted by atomic mass is 10.3. The lowest BCUT2D eigenvalue weighted by Gasteiger charge is -2.11. The third-order valence-corrected chi connectivity index (χ3v) is 3.69. The maximum atomic E-state index is 11.8. The fraction of sp³-hybridized carbons (Fsp3) is 0.200. The molecule has 0 bridgehead atoms. The van der Waals surface area contributed by atoms with Gasteiger partial charge in [-0.05, 0) is 28.1 Å². The molecule has 1 heterocycles. The highest BCUT2D eigenvalue weighted by Gasteiger charge is 2.28. The van der Waals surface area contributed by atoms with Crippen molar-refractivity contribution in [2.75, 3.05) is 11.1 Å². The van der Waals surface area contributed by atoms with E-state index in [-0.39, 0.29) is 11.1 Å². The van der Waals surface area contributed by atoms with Crippen LogP contribution in [0.4, 0.5) is 10.5 Å². The van der Waals surface area contributed by atoms with Crippen LogP contribution in [0.1, 0.15) is 0 Å². The number of halogens is 1. The summed E-state index contributed by atoms with van der Waals surface area (Å²) in [6.45, 7) is 0. The summed E-state index contributed by atoms with van der Waals surface area (Å²) in [5, 5.41) is 5.20. The molecule has 2 amide bonds. The molecule has 1 fully saturated rings. The van der Waals surface area contributed by atoms with Gasteiger partial charge in [0.2, 0.25) is 5.91 Å². The Labute approximate surface area is 105 Å². The van der Waals surface area contributed by atoms with E-state index in [4.69, 9.17) is 0 Å². The zero-order valence-corrected chi connectivity index (χ0v) is 10.6. The highest BCUT2D eigenvalue weighted by Crippen LogP contribution is 2.22. The van der Waals surface area contributed by atoms with Crippen LogP contribution in [-0.4, -0.2) is 22.9 Å². The van der Waals surface area contributed by atoms with Crippen molar-refractivity contribution in [3.8, 4) is 0 Å². The van der Waals surface area contributed by atoms with Gasteiger partial charge in [-0.1, -0.05) is 23.9 Å². The minimum absolute atomic E-state index is 0.146. The number of carbonyl (C=O) groups is 2. The lowest BCUT2D eigenvalue weighted by Crippen LogP contribution is -2.38. The van der Waals surface area contributed by atoms with Gasteiger partial charge in [-0.3, -0.25) is 9.59 Å².